The van der Waals surface area contributed by atoms with Crippen LogP contribution in [-0.4, -0.2) is 98.1 Å². The number of carbonyl (C=O) groups excluding carboxylic acids is 1. The first kappa shape index (κ1) is 42.6. The maximum absolute atomic E-state index is 10.8. The highest BCUT2D eigenvalue weighted by Gasteiger charge is 2.12. The zero-order chi connectivity index (χ0) is 30.0. The van der Waals surface area contributed by atoms with Gasteiger partial charge in [-0.1, -0.05) is 77.6 Å². The Morgan fingerprint density at radius 2 is 1.05 bits per heavy atom. The minimum atomic E-state index is -4.66. The molecule has 0 saturated carbocycles. The van der Waals surface area contributed by atoms with Crippen molar-refractivity contribution >= 4 is 16.4 Å². The molecule has 0 aromatic rings. The van der Waals surface area contributed by atoms with E-state index in [0.29, 0.717) is 45.4 Å². The summed E-state index contributed by atoms with van der Waals surface area (Å²) in [7, 11) is -4.66. The third-order valence-electron chi connectivity index (χ3n) is 5.62. The molecule has 0 saturated heterocycles. The lowest BCUT2D eigenvalue weighted by atomic mass is 10.0. The predicted molar refractivity (Wildman–Crippen MR) is 146 cm³/mol. The summed E-state index contributed by atoms with van der Waals surface area (Å²) in [6.45, 7) is 5.73. The third-order valence-corrected chi connectivity index (χ3v) is 6.13. The zero-order valence-corrected chi connectivity index (χ0v) is 25.0. The van der Waals surface area contributed by atoms with E-state index in [9.17, 15) is 22.9 Å². The molecule has 8 N–H and O–H groups in total. The highest BCUT2D eigenvalue weighted by molar-refractivity contribution is 7.80. The van der Waals surface area contributed by atoms with Crippen molar-refractivity contribution in [2.75, 3.05) is 52.6 Å². The Labute approximate surface area is 236 Å². The van der Waals surface area contributed by atoms with Crippen LogP contribution in [0.4, 0.5) is 0 Å². The van der Waals surface area contributed by atoms with Crippen LogP contribution < -0.4 is 15.7 Å². The highest BCUT2D eigenvalue weighted by atomic mass is 32.3. The summed E-state index contributed by atoms with van der Waals surface area (Å²) < 4.78 is 37.2. The normalized spacial score (nSPS) is 11.7. The Morgan fingerprint density at radius 3 is 1.38 bits per heavy atom. The fourth-order valence-corrected chi connectivity index (χ4v) is 4.09. The number of aliphatic hydroxyl groups is 4. The van der Waals surface area contributed by atoms with Gasteiger partial charge in [-0.3, -0.25) is 4.18 Å². The maximum atomic E-state index is 10.8. The smallest absolute Gasteiger partial charge is 0.217 e. The number of nitrogens with two attached hydrogens (primary N) is 2. The number of hydrogen-bond donors (Lipinski definition) is 6. The summed E-state index contributed by atoms with van der Waals surface area (Å²) in [5.41, 5.74) is 0. The zero-order valence-electron chi connectivity index (χ0n) is 24.1. The minimum Gasteiger partial charge on any atom is -0.726 e. The van der Waals surface area contributed by atoms with Gasteiger partial charge >= 0.3 is 0 Å². The van der Waals surface area contributed by atoms with Crippen molar-refractivity contribution in [1.29, 1.82) is 0 Å². The fourth-order valence-electron chi connectivity index (χ4n) is 3.56. The Hall–Kier alpha value is -0.900. The summed E-state index contributed by atoms with van der Waals surface area (Å²) >= 11 is 0. The van der Waals surface area contributed by atoms with Crippen LogP contribution in [0.1, 0.15) is 103 Å². The van der Waals surface area contributed by atoms with Crippen LogP contribution in [0.25, 0.3) is 0 Å². The lowest BCUT2D eigenvalue weighted by Gasteiger charge is -2.19. The van der Waals surface area contributed by atoms with E-state index in [1.807, 2.05) is 10.6 Å². The van der Waals surface area contributed by atoms with Crippen LogP contribution in [0.2, 0.25) is 0 Å². The van der Waals surface area contributed by atoms with Gasteiger partial charge in [0.15, 0.2) is 0 Å². The Kier molecular flexibility index (Phi) is 38.3. The second kappa shape index (κ2) is 35.1. The van der Waals surface area contributed by atoms with E-state index in [2.05, 4.69) is 11.1 Å². The number of unbranched alkanes of at least 4 members (excludes halogenated alkanes) is 10. The first-order valence-electron chi connectivity index (χ1n) is 14.6. The highest BCUT2D eigenvalue weighted by Crippen LogP contribution is 2.18. The SMILES string of the molecule is CCCCCCCCCC(CCCCCCCC(=O)[O-])OS(=O)(=O)[O-].OCC[NH2+]CCO.OCC[NH2+]CCO. The predicted octanol–water partition coefficient (Wildman–Crippen LogP) is -1.48. The summed E-state index contributed by atoms with van der Waals surface area (Å²) in [5, 5.41) is 46.7. The van der Waals surface area contributed by atoms with Gasteiger partial charge in [0.05, 0.1) is 58.7 Å². The molecule has 13 heteroatoms. The number of quaternary nitrogens is 2. The fraction of sp³-hybridized carbons (Fsp3) is 0.962. The van der Waals surface area contributed by atoms with Gasteiger partial charge in [-0.05, 0) is 25.7 Å². The van der Waals surface area contributed by atoms with Crippen molar-refractivity contribution < 1.29 is 58.1 Å². The van der Waals surface area contributed by atoms with Crippen LogP contribution >= 0.6 is 0 Å². The first-order chi connectivity index (χ1) is 18.7. The molecule has 0 heterocycles. The molecule has 39 heavy (non-hydrogen) atoms. The first-order valence-corrected chi connectivity index (χ1v) is 15.9. The molecule has 238 valence electrons. The topological polar surface area (TPSA) is 221 Å². The van der Waals surface area contributed by atoms with E-state index in [0.717, 1.165) is 44.9 Å². The number of hydrogen-bond acceptors (Lipinski definition) is 10. The van der Waals surface area contributed by atoms with E-state index in [1.54, 1.807) is 0 Å². The molecular formula is C26H58N2O10S. The van der Waals surface area contributed by atoms with Crippen LogP contribution in [0.3, 0.4) is 0 Å². The number of rotatable bonds is 26. The number of carboxylic acids is 1. The van der Waals surface area contributed by atoms with E-state index in [1.165, 1.54) is 25.7 Å². The molecule has 0 rings (SSSR count). The molecule has 0 aliphatic carbocycles. The number of carbonyl (C=O) groups is 1. The summed E-state index contributed by atoms with van der Waals surface area (Å²) in [6, 6.07) is 0. The van der Waals surface area contributed by atoms with Crippen LogP contribution in [-0.2, 0) is 19.4 Å². The average molecular weight is 591 g/mol. The number of aliphatic hydroxyl groups excluding tert-OH is 4. The van der Waals surface area contributed by atoms with Gasteiger partial charge < -0.3 is 45.5 Å². The molecule has 0 amide bonds. The van der Waals surface area contributed by atoms with E-state index >= 15 is 0 Å². The van der Waals surface area contributed by atoms with Crippen molar-refractivity contribution in [3.63, 3.8) is 0 Å². The Bertz CT molecular complexity index is 565. The standard InChI is InChI=1S/C18H36O6S.2C4H11NO2/c1-2-3-4-5-6-8-11-14-17(24-25(21,22)23)15-12-9-7-10-13-16-18(19)20;2*6-3-1-5-2-4-7/h17H,2-16H2,1H3,(H,19,20)(H,21,22,23);2*5-7H,1-4H2. The van der Waals surface area contributed by atoms with Crippen molar-refractivity contribution in [2.24, 2.45) is 0 Å². The second-order valence-electron chi connectivity index (χ2n) is 9.34. The van der Waals surface area contributed by atoms with E-state index in [-0.39, 0.29) is 32.8 Å². The summed E-state index contributed by atoms with van der Waals surface area (Å²) in [4.78, 5) is 10.3. The lowest BCUT2D eigenvalue weighted by Crippen LogP contribution is -2.85. The van der Waals surface area contributed by atoms with Gasteiger partial charge in [0.2, 0.25) is 10.4 Å². The summed E-state index contributed by atoms with van der Waals surface area (Å²) in [6.07, 6.45) is 12.6. The molecule has 0 spiro atoms. The average Bonchev–Trinajstić information content (AvgIpc) is 2.88. The van der Waals surface area contributed by atoms with Crippen LogP contribution in [0.15, 0.2) is 0 Å². The van der Waals surface area contributed by atoms with Crippen molar-refractivity contribution in [3.05, 3.63) is 0 Å². The third kappa shape index (κ3) is 47.3. The van der Waals surface area contributed by atoms with Crippen LogP contribution in [0, 0.1) is 0 Å². The Balaban J connectivity index is -0.000000752. The maximum Gasteiger partial charge on any atom is 0.217 e. The monoisotopic (exact) mass is 590 g/mol. The largest absolute Gasteiger partial charge is 0.726 e. The molecule has 0 aliphatic heterocycles. The molecule has 0 aromatic heterocycles. The quantitative estimate of drug-likeness (QED) is 0.0389. The lowest BCUT2D eigenvalue weighted by molar-refractivity contribution is -0.657. The molecule has 1 unspecified atom stereocenters. The molecule has 0 bridgehead atoms. The molecule has 0 fully saturated rings. The molecule has 0 radical (unpaired) electrons. The molecular weight excluding hydrogens is 532 g/mol. The van der Waals surface area contributed by atoms with Crippen LogP contribution in [0.5, 0.6) is 0 Å². The van der Waals surface area contributed by atoms with Gasteiger partial charge in [-0.2, -0.15) is 0 Å². The second-order valence-corrected chi connectivity index (χ2v) is 10.4. The van der Waals surface area contributed by atoms with E-state index in [4.69, 9.17) is 20.4 Å². The molecule has 12 nitrogen and oxygen atoms in total. The number of aliphatic carboxylic acids is 1. The van der Waals surface area contributed by atoms with E-state index < -0.39 is 22.5 Å². The van der Waals surface area contributed by atoms with Gasteiger partial charge in [0.1, 0.15) is 0 Å². The van der Waals surface area contributed by atoms with Gasteiger partial charge in [0, 0.05) is 5.97 Å². The Morgan fingerprint density at radius 1 is 0.692 bits per heavy atom. The van der Waals surface area contributed by atoms with Crippen molar-refractivity contribution in [2.45, 2.75) is 109 Å². The molecule has 1 atom stereocenters. The molecule has 0 aromatic carbocycles. The summed E-state index contributed by atoms with van der Waals surface area (Å²) in [5.74, 6) is -1.02. The minimum absolute atomic E-state index is 0.0818. The van der Waals surface area contributed by atoms with Crippen molar-refractivity contribution in [1.82, 2.24) is 0 Å². The van der Waals surface area contributed by atoms with Gasteiger partial charge in [-0.25, -0.2) is 8.42 Å². The van der Waals surface area contributed by atoms with Gasteiger partial charge in [0.25, 0.3) is 0 Å². The van der Waals surface area contributed by atoms with Crippen molar-refractivity contribution in [3.8, 4) is 0 Å². The van der Waals surface area contributed by atoms with Gasteiger partial charge in [-0.15, -0.1) is 0 Å². The molecule has 0 aliphatic rings. The number of carboxylic acid groups (broad SMARTS) is 1.